The van der Waals surface area contributed by atoms with Crippen molar-refractivity contribution in [3.63, 3.8) is 0 Å². The number of carbonyl (C=O) groups is 2. The fourth-order valence-electron chi connectivity index (χ4n) is 8.34. The van der Waals surface area contributed by atoms with Crippen LogP contribution in [0, 0.1) is 25.7 Å². The van der Waals surface area contributed by atoms with Gasteiger partial charge in [-0.05, 0) is 124 Å². The van der Waals surface area contributed by atoms with Crippen molar-refractivity contribution in [3.05, 3.63) is 86.3 Å². The van der Waals surface area contributed by atoms with Gasteiger partial charge in [0.25, 0.3) is 5.56 Å². The maximum atomic E-state index is 15.9. The number of alkyl halides is 3. The Kier molecular flexibility index (Phi) is 11.5. The van der Waals surface area contributed by atoms with Crippen LogP contribution in [0.15, 0.2) is 58.5 Å². The molecule has 3 aliphatic heterocycles. The van der Waals surface area contributed by atoms with E-state index >= 15 is 4.39 Å². The number of hydrogen-bond acceptors (Lipinski definition) is 7. The van der Waals surface area contributed by atoms with Gasteiger partial charge < -0.3 is 19.5 Å². The first-order valence-electron chi connectivity index (χ1n) is 18.5. The number of imide groups is 1. The normalized spacial score (nSPS) is 22.5. The molecule has 6 rings (SSSR count). The summed E-state index contributed by atoms with van der Waals surface area (Å²) in [6.07, 6.45) is 5.77. The lowest BCUT2D eigenvalue weighted by Gasteiger charge is -2.38. The topological polar surface area (TPSA) is 95.9 Å². The van der Waals surface area contributed by atoms with Gasteiger partial charge in [0.2, 0.25) is 11.8 Å². The van der Waals surface area contributed by atoms with Crippen molar-refractivity contribution in [2.75, 3.05) is 50.1 Å². The summed E-state index contributed by atoms with van der Waals surface area (Å²) in [5.41, 5.74) is 3.03. The number of halogens is 4. The summed E-state index contributed by atoms with van der Waals surface area (Å²) in [6.45, 7) is 6.80. The first kappa shape index (κ1) is 38.3. The molecule has 2 N–H and O–H groups in total. The second-order valence-corrected chi connectivity index (χ2v) is 14.9. The minimum atomic E-state index is -4.58. The number of aromatic nitrogens is 1. The number of aryl methyl sites for hydroxylation is 1. The average Bonchev–Trinajstić information content (AvgIpc) is 3.46. The van der Waals surface area contributed by atoms with Gasteiger partial charge in [0, 0.05) is 68.2 Å². The van der Waals surface area contributed by atoms with Gasteiger partial charge in [-0.3, -0.25) is 24.6 Å². The summed E-state index contributed by atoms with van der Waals surface area (Å²) in [5, 5.41) is 5.10. The third kappa shape index (κ3) is 8.71. The molecule has 4 aliphatic rings. The van der Waals surface area contributed by atoms with E-state index in [4.69, 9.17) is 4.74 Å². The van der Waals surface area contributed by atoms with Crippen LogP contribution in [0.4, 0.5) is 28.9 Å². The fraction of sp³-hybridized carbons (Fsp3) is 0.525. The lowest BCUT2D eigenvalue weighted by molar-refractivity contribution is -0.137. The number of rotatable bonds is 8. The van der Waals surface area contributed by atoms with Gasteiger partial charge in [-0.2, -0.15) is 13.2 Å². The van der Waals surface area contributed by atoms with Gasteiger partial charge in [-0.25, -0.2) is 4.39 Å². The van der Waals surface area contributed by atoms with Crippen LogP contribution in [0.2, 0.25) is 0 Å². The van der Waals surface area contributed by atoms with Gasteiger partial charge in [-0.1, -0.05) is 0 Å². The summed E-state index contributed by atoms with van der Waals surface area (Å²) < 4.78 is 66.1. The van der Waals surface area contributed by atoms with E-state index in [1.165, 1.54) is 10.6 Å². The number of nitrogens with one attached hydrogen (secondary N) is 2. The van der Waals surface area contributed by atoms with Crippen LogP contribution in [0.3, 0.4) is 0 Å². The Balaban J connectivity index is 1.08. The number of likely N-dealkylation sites (tertiary alicyclic amines) is 1. The zero-order chi connectivity index (χ0) is 38.0. The van der Waals surface area contributed by atoms with E-state index in [2.05, 4.69) is 15.5 Å². The molecule has 1 aromatic heterocycles. The predicted molar refractivity (Wildman–Crippen MR) is 197 cm³/mol. The van der Waals surface area contributed by atoms with Gasteiger partial charge >= 0.3 is 6.18 Å². The molecule has 3 fully saturated rings. The van der Waals surface area contributed by atoms with E-state index in [1.807, 2.05) is 17.9 Å². The molecule has 286 valence electrons. The van der Waals surface area contributed by atoms with Crippen LogP contribution in [-0.2, 0) is 27.5 Å². The van der Waals surface area contributed by atoms with Gasteiger partial charge in [0.1, 0.15) is 17.6 Å². The Labute approximate surface area is 307 Å². The maximum absolute atomic E-state index is 15.9. The number of pyridine rings is 1. The van der Waals surface area contributed by atoms with Crippen LogP contribution in [0.1, 0.15) is 73.6 Å². The standard InChI is InChI=1S/C40H49F4N5O4/c1-24-25(2)39(52)47(3)23-32(24)28-18-31(53-4)19-29(34(41)20-28)22-48-14-5-6-26(11-15-48)27-12-16-49(17-13-27)36-9-7-30(21-33(36)40(42,43)44)45-35-8-10-37(50)46-38(35)51/h7,9,18,20-21,23,26-27,35,45H,5-6,8,10-17,19,22H2,1-4H3,(H,46,50,51). The molecule has 2 amide bonds. The second-order valence-electron chi connectivity index (χ2n) is 14.9. The van der Waals surface area contributed by atoms with Gasteiger partial charge in [0.15, 0.2) is 0 Å². The maximum Gasteiger partial charge on any atom is 0.418 e. The summed E-state index contributed by atoms with van der Waals surface area (Å²) >= 11 is 0. The van der Waals surface area contributed by atoms with E-state index in [0.717, 1.165) is 62.4 Å². The number of piperidine rings is 2. The molecule has 2 unspecified atom stereocenters. The number of ether oxygens (including phenoxy) is 1. The van der Waals surface area contributed by atoms with Crippen molar-refractivity contribution < 1.29 is 31.9 Å². The van der Waals surface area contributed by atoms with Crippen molar-refractivity contribution in [1.82, 2.24) is 14.8 Å². The van der Waals surface area contributed by atoms with E-state index in [1.54, 1.807) is 39.4 Å². The Morgan fingerprint density at radius 2 is 1.66 bits per heavy atom. The molecule has 53 heavy (non-hydrogen) atoms. The van der Waals surface area contributed by atoms with Gasteiger partial charge in [-0.15, -0.1) is 0 Å². The minimum Gasteiger partial charge on any atom is -0.501 e. The molecule has 4 heterocycles. The Bertz CT molecular complexity index is 1890. The van der Waals surface area contributed by atoms with Crippen molar-refractivity contribution in [2.45, 2.75) is 77.4 Å². The highest BCUT2D eigenvalue weighted by Crippen LogP contribution is 2.41. The molecule has 0 radical (unpaired) electrons. The number of amides is 2. The summed E-state index contributed by atoms with van der Waals surface area (Å²) in [4.78, 5) is 40.2. The number of methoxy groups -OCH3 is 1. The molecule has 3 saturated heterocycles. The van der Waals surface area contributed by atoms with Crippen molar-refractivity contribution in [2.24, 2.45) is 18.9 Å². The molecular formula is C40H49F4N5O4. The Morgan fingerprint density at radius 3 is 2.36 bits per heavy atom. The van der Waals surface area contributed by atoms with E-state index in [0.29, 0.717) is 60.4 Å². The van der Waals surface area contributed by atoms with E-state index < -0.39 is 23.7 Å². The molecule has 0 bridgehead atoms. The molecule has 2 aromatic rings. The lowest BCUT2D eigenvalue weighted by atomic mass is 9.80. The zero-order valence-electron chi connectivity index (χ0n) is 30.9. The number of hydrogen-bond donors (Lipinski definition) is 2. The lowest BCUT2D eigenvalue weighted by Crippen LogP contribution is -2.47. The highest BCUT2D eigenvalue weighted by Gasteiger charge is 2.37. The fourth-order valence-corrected chi connectivity index (χ4v) is 8.34. The third-order valence-electron chi connectivity index (χ3n) is 11.5. The van der Waals surface area contributed by atoms with Crippen LogP contribution in [-0.4, -0.2) is 67.2 Å². The van der Waals surface area contributed by atoms with E-state index in [9.17, 15) is 27.6 Å². The highest BCUT2D eigenvalue weighted by molar-refractivity contribution is 6.01. The predicted octanol–water partition coefficient (Wildman–Crippen LogP) is 6.80. The summed E-state index contributed by atoms with van der Waals surface area (Å²) in [5.74, 6) is 0.268. The average molecular weight is 740 g/mol. The van der Waals surface area contributed by atoms with Crippen molar-refractivity contribution >= 4 is 28.8 Å². The highest BCUT2D eigenvalue weighted by atomic mass is 19.4. The number of anilines is 2. The Morgan fingerprint density at radius 1 is 0.943 bits per heavy atom. The number of carbonyl (C=O) groups excluding carboxylic acids is 2. The second kappa shape index (κ2) is 15.9. The Hall–Kier alpha value is -4.39. The first-order chi connectivity index (χ1) is 25.2. The van der Waals surface area contributed by atoms with Crippen LogP contribution >= 0.6 is 0 Å². The van der Waals surface area contributed by atoms with Crippen LogP contribution in [0.25, 0.3) is 5.57 Å². The van der Waals surface area contributed by atoms with Crippen LogP contribution in [0.5, 0.6) is 0 Å². The number of allylic oxidation sites excluding steroid dienone is 5. The quantitative estimate of drug-likeness (QED) is 0.227. The molecule has 1 aromatic carbocycles. The molecule has 0 saturated carbocycles. The molecular weight excluding hydrogens is 690 g/mol. The first-order valence-corrected chi connectivity index (χ1v) is 18.5. The van der Waals surface area contributed by atoms with Crippen molar-refractivity contribution in [1.29, 1.82) is 0 Å². The van der Waals surface area contributed by atoms with Gasteiger partial charge in [0.05, 0.1) is 12.7 Å². The SMILES string of the molecule is COC1=CC(c2cn(C)c(=O)c(C)c2C)=CC(F)=C(CN2CCCC(C3CCN(c4ccc(NC5CCC(=O)NC5=O)cc4C(F)(F)F)CC3)CC2)C1. The minimum absolute atomic E-state index is 0.0818. The monoisotopic (exact) mass is 739 g/mol. The summed E-state index contributed by atoms with van der Waals surface area (Å²) in [7, 11) is 3.28. The zero-order valence-corrected chi connectivity index (χ0v) is 30.9. The molecule has 0 spiro atoms. The third-order valence-corrected chi connectivity index (χ3v) is 11.5. The molecule has 1 aliphatic carbocycles. The number of benzene rings is 1. The van der Waals surface area contributed by atoms with E-state index in [-0.39, 0.29) is 41.5 Å². The number of nitrogens with zero attached hydrogens (tertiary/aromatic N) is 3. The smallest absolute Gasteiger partial charge is 0.418 e. The molecule has 13 heteroatoms. The largest absolute Gasteiger partial charge is 0.501 e. The summed E-state index contributed by atoms with van der Waals surface area (Å²) in [6, 6.07) is 3.34. The van der Waals surface area contributed by atoms with Crippen molar-refractivity contribution in [3.8, 4) is 0 Å². The molecule has 9 nitrogen and oxygen atoms in total. The molecule has 2 atom stereocenters. The van der Waals surface area contributed by atoms with Crippen LogP contribution < -0.4 is 21.1 Å².